The van der Waals surface area contributed by atoms with E-state index < -0.39 is 10.0 Å². The monoisotopic (exact) mass is 434 g/mol. The molecule has 0 radical (unpaired) electrons. The molecule has 1 unspecified atom stereocenters. The van der Waals surface area contributed by atoms with E-state index in [1.165, 1.54) is 22.0 Å². The molecule has 1 fully saturated rings. The Morgan fingerprint density at radius 3 is 2.31 bits per heavy atom. The first-order chi connectivity index (χ1) is 13.6. The average Bonchev–Trinajstić information content (AvgIpc) is 3.20. The Balaban J connectivity index is 1.86. The molecule has 0 aromatic heterocycles. The van der Waals surface area contributed by atoms with Crippen molar-refractivity contribution in [3.63, 3.8) is 0 Å². The number of hydrogen-bond donors (Lipinski definition) is 1. The molecule has 2 aromatic carbocycles. The van der Waals surface area contributed by atoms with Gasteiger partial charge in [0, 0.05) is 18.7 Å². The van der Waals surface area contributed by atoms with Crippen LogP contribution in [0.1, 0.15) is 58.4 Å². The van der Waals surface area contributed by atoms with Crippen LogP contribution in [0.15, 0.2) is 35.2 Å². The van der Waals surface area contributed by atoms with Gasteiger partial charge in [-0.25, -0.2) is 8.42 Å². The van der Waals surface area contributed by atoms with Crippen molar-refractivity contribution in [1.29, 1.82) is 0 Å². The van der Waals surface area contributed by atoms with Crippen LogP contribution in [0.4, 0.5) is 0 Å². The Morgan fingerprint density at radius 1 is 1.03 bits per heavy atom. The second kappa shape index (κ2) is 8.46. The number of sulfonamides is 1. The molecule has 1 amide bonds. The first kappa shape index (κ1) is 21.8. The number of rotatable bonds is 5. The molecule has 0 aliphatic carbocycles. The van der Waals surface area contributed by atoms with Crippen molar-refractivity contribution in [3.05, 3.63) is 63.2 Å². The molecule has 1 N–H and O–H groups in total. The van der Waals surface area contributed by atoms with Crippen molar-refractivity contribution in [2.75, 3.05) is 13.1 Å². The van der Waals surface area contributed by atoms with Crippen LogP contribution in [0.25, 0.3) is 0 Å². The molecule has 1 heterocycles. The molecule has 2 aromatic rings. The van der Waals surface area contributed by atoms with E-state index >= 15 is 0 Å². The fourth-order valence-electron chi connectivity index (χ4n) is 3.72. The topological polar surface area (TPSA) is 66.5 Å². The molecular weight excluding hydrogens is 408 g/mol. The molecule has 0 saturated carbocycles. The predicted molar refractivity (Wildman–Crippen MR) is 116 cm³/mol. The molecule has 0 spiro atoms. The standard InChI is InChI=1S/C22H27ClN2O3S/c1-14-11-16(3)19(12-15(14)2)17(4)24-22(26)18-7-8-20(23)21(13-18)29(27,28)25-9-5-6-10-25/h7-8,11-13,17H,5-6,9-10H2,1-4H3,(H,24,26). The number of hydrogen-bond acceptors (Lipinski definition) is 3. The normalized spacial score (nSPS) is 16.0. The molecule has 5 nitrogen and oxygen atoms in total. The number of amides is 1. The number of nitrogens with one attached hydrogen (secondary N) is 1. The minimum atomic E-state index is -3.70. The zero-order valence-electron chi connectivity index (χ0n) is 17.3. The number of nitrogens with zero attached hydrogens (tertiary/aromatic N) is 1. The minimum Gasteiger partial charge on any atom is -0.346 e. The number of carbonyl (C=O) groups is 1. The van der Waals surface area contributed by atoms with Gasteiger partial charge in [0.15, 0.2) is 0 Å². The lowest BCUT2D eigenvalue weighted by atomic mass is 9.96. The van der Waals surface area contributed by atoms with Gasteiger partial charge >= 0.3 is 0 Å². The number of halogens is 1. The molecule has 1 saturated heterocycles. The van der Waals surface area contributed by atoms with Crippen molar-refractivity contribution in [1.82, 2.24) is 9.62 Å². The first-order valence-corrected chi connectivity index (χ1v) is 11.6. The third-order valence-electron chi connectivity index (χ3n) is 5.57. The average molecular weight is 435 g/mol. The summed E-state index contributed by atoms with van der Waals surface area (Å²) in [5.74, 6) is -0.329. The van der Waals surface area contributed by atoms with Gasteiger partial charge in [0.05, 0.1) is 11.1 Å². The smallest absolute Gasteiger partial charge is 0.251 e. The van der Waals surface area contributed by atoms with E-state index in [4.69, 9.17) is 11.6 Å². The number of aryl methyl sites for hydroxylation is 3. The highest BCUT2D eigenvalue weighted by Gasteiger charge is 2.30. The number of carbonyl (C=O) groups excluding carboxylic acids is 1. The highest BCUT2D eigenvalue weighted by molar-refractivity contribution is 7.89. The second-order valence-corrected chi connectivity index (χ2v) is 10.1. The van der Waals surface area contributed by atoms with Crippen molar-refractivity contribution < 1.29 is 13.2 Å². The molecule has 1 aliphatic heterocycles. The summed E-state index contributed by atoms with van der Waals surface area (Å²) in [6.45, 7) is 9.02. The van der Waals surface area contributed by atoms with E-state index in [0.29, 0.717) is 13.1 Å². The van der Waals surface area contributed by atoms with Gasteiger partial charge in [-0.3, -0.25) is 4.79 Å². The van der Waals surface area contributed by atoms with E-state index in [0.717, 1.165) is 29.5 Å². The Morgan fingerprint density at radius 2 is 1.66 bits per heavy atom. The van der Waals surface area contributed by atoms with Gasteiger partial charge in [0.25, 0.3) is 5.91 Å². The fourth-order valence-corrected chi connectivity index (χ4v) is 5.73. The predicted octanol–water partition coefficient (Wildman–Crippen LogP) is 4.54. The lowest BCUT2D eigenvalue weighted by molar-refractivity contribution is 0.0939. The molecular formula is C22H27ClN2O3S. The zero-order chi connectivity index (χ0) is 21.3. The van der Waals surface area contributed by atoms with Gasteiger partial charge < -0.3 is 5.32 Å². The minimum absolute atomic E-state index is 0.0104. The van der Waals surface area contributed by atoms with Crippen LogP contribution in [-0.4, -0.2) is 31.7 Å². The molecule has 1 aliphatic rings. The van der Waals surface area contributed by atoms with Crippen LogP contribution in [0, 0.1) is 20.8 Å². The lowest BCUT2D eigenvalue weighted by Crippen LogP contribution is -2.29. The van der Waals surface area contributed by atoms with Crippen LogP contribution < -0.4 is 5.32 Å². The maximum atomic E-state index is 12.9. The SMILES string of the molecule is Cc1cc(C)c(C(C)NC(=O)c2ccc(Cl)c(S(=O)(=O)N3CCCC3)c2)cc1C. The first-order valence-electron chi connectivity index (χ1n) is 9.79. The van der Waals surface area contributed by atoms with Gasteiger partial charge in [0.2, 0.25) is 10.0 Å². The summed E-state index contributed by atoms with van der Waals surface area (Å²) < 4.78 is 27.2. The van der Waals surface area contributed by atoms with Crippen LogP contribution in [0.3, 0.4) is 0 Å². The summed E-state index contributed by atoms with van der Waals surface area (Å²) in [6.07, 6.45) is 1.67. The van der Waals surface area contributed by atoms with E-state index in [2.05, 4.69) is 24.4 Å². The maximum Gasteiger partial charge on any atom is 0.251 e. The summed E-state index contributed by atoms with van der Waals surface area (Å²) >= 11 is 6.18. The van der Waals surface area contributed by atoms with Crippen molar-refractivity contribution in [3.8, 4) is 0 Å². The van der Waals surface area contributed by atoms with E-state index in [1.807, 2.05) is 20.8 Å². The molecule has 3 rings (SSSR count). The molecule has 156 valence electrons. The van der Waals surface area contributed by atoms with Gasteiger partial charge in [-0.2, -0.15) is 4.31 Å². The number of benzene rings is 2. The summed E-state index contributed by atoms with van der Waals surface area (Å²) in [7, 11) is -3.70. The van der Waals surface area contributed by atoms with Gasteiger partial charge in [-0.15, -0.1) is 0 Å². The Bertz CT molecular complexity index is 1040. The molecule has 1 atom stereocenters. The molecule has 29 heavy (non-hydrogen) atoms. The third kappa shape index (κ3) is 4.49. The van der Waals surface area contributed by atoms with Crippen LogP contribution >= 0.6 is 11.6 Å². The Hall–Kier alpha value is -1.89. The quantitative estimate of drug-likeness (QED) is 0.751. The Kier molecular flexibility index (Phi) is 6.36. The van der Waals surface area contributed by atoms with Crippen molar-refractivity contribution >= 4 is 27.5 Å². The zero-order valence-corrected chi connectivity index (χ0v) is 18.8. The van der Waals surface area contributed by atoms with E-state index in [-0.39, 0.29) is 27.4 Å². The lowest BCUT2D eigenvalue weighted by Gasteiger charge is -2.20. The maximum absolute atomic E-state index is 12.9. The summed E-state index contributed by atoms with van der Waals surface area (Å²) in [5, 5.41) is 3.11. The van der Waals surface area contributed by atoms with Crippen LogP contribution in [0.5, 0.6) is 0 Å². The molecule has 0 bridgehead atoms. The highest BCUT2D eigenvalue weighted by Crippen LogP contribution is 2.28. The summed E-state index contributed by atoms with van der Waals surface area (Å²) in [4.78, 5) is 12.8. The van der Waals surface area contributed by atoms with Gasteiger partial charge in [-0.05, 0) is 81.0 Å². The van der Waals surface area contributed by atoms with Crippen LogP contribution in [-0.2, 0) is 10.0 Å². The largest absolute Gasteiger partial charge is 0.346 e. The highest BCUT2D eigenvalue weighted by atomic mass is 35.5. The van der Waals surface area contributed by atoms with Gasteiger partial charge in [-0.1, -0.05) is 23.7 Å². The third-order valence-corrected chi connectivity index (χ3v) is 7.95. The van der Waals surface area contributed by atoms with E-state index in [1.54, 1.807) is 6.07 Å². The van der Waals surface area contributed by atoms with Crippen molar-refractivity contribution in [2.24, 2.45) is 0 Å². The fraction of sp³-hybridized carbons (Fsp3) is 0.409. The summed E-state index contributed by atoms with van der Waals surface area (Å²) in [5.41, 5.74) is 4.80. The molecule has 7 heteroatoms. The summed E-state index contributed by atoms with van der Waals surface area (Å²) in [6, 6.07) is 8.39. The van der Waals surface area contributed by atoms with Crippen LogP contribution in [0.2, 0.25) is 5.02 Å². The van der Waals surface area contributed by atoms with Crippen molar-refractivity contribution in [2.45, 2.75) is 51.5 Å². The second-order valence-electron chi connectivity index (χ2n) is 7.74. The van der Waals surface area contributed by atoms with Gasteiger partial charge in [0.1, 0.15) is 4.90 Å². The Labute approximate surface area is 178 Å². The van der Waals surface area contributed by atoms with E-state index in [9.17, 15) is 13.2 Å².